The second-order valence-electron chi connectivity index (χ2n) is 6.93. The normalized spacial score (nSPS) is 18.0. The summed E-state index contributed by atoms with van der Waals surface area (Å²) in [6.07, 6.45) is 1.89. The summed E-state index contributed by atoms with van der Waals surface area (Å²) >= 11 is 0. The Bertz CT molecular complexity index is 406. The molecule has 1 saturated heterocycles. The summed E-state index contributed by atoms with van der Waals surface area (Å²) in [4.78, 5) is 5.07. The Morgan fingerprint density at radius 3 is 2.38 bits per heavy atom. The van der Waals surface area contributed by atoms with Gasteiger partial charge >= 0.3 is 0 Å². The van der Waals surface area contributed by atoms with Crippen LogP contribution in [0.25, 0.3) is 0 Å². The zero-order valence-electron chi connectivity index (χ0n) is 14.1. The third-order valence-electron chi connectivity index (χ3n) is 3.89. The van der Waals surface area contributed by atoms with Crippen LogP contribution < -0.4 is 5.32 Å². The first-order valence-electron chi connectivity index (χ1n) is 8.27. The van der Waals surface area contributed by atoms with Crippen LogP contribution >= 0.6 is 0 Å². The maximum atomic E-state index is 5.70. The molecule has 4 heteroatoms. The van der Waals surface area contributed by atoms with E-state index in [0.29, 0.717) is 6.04 Å². The van der Waals surface area contributed by atoms with Crippen molar-refractivity contribution in [1.29, 1.82) is 0 Å². The summed E-state index contributed by atoms with van der Waals surface area (Å²) in [6, 6.07) is 2.70. The molecule has 1 N–H and O–H groups in total. The predicted molar refractivity (Wildman–Crippen MR) is 87.2 cm³/mol. The molecular weight excluding hydrogens is 262 g/mol. The highest BCUT2D eigenvalue weighted by molar-refractivity contribution is 5.12. The Labute approximate surface area is 129 Å². The van der Waals surface area contributed by atoms with Crippen molar-refractivity contribution in [3.05, 3.63) is 23.7 Å². The van der Waals surface area contributed by atoms with Crippen LogP contribution in [0.2, 0.25) is 0 Å². The monoisotopic (exact) mass is 293 g/mol. The minimum atomic E-state index is 0.511. The van der Waals surface area contributed by atoms with E-state index >= 15 is 0 Å². The quantitative estimate of drug-likeness (QED) is 0.837. The van der Waals surface area contributed by atoms with Crippen molar-refractivity contribution in [1.82, 2.24) is 15.1 Å². The smallest absolute Gasteiger partial charge is 0.118 e. The fraction of sp³-hybridized carbons (Fsp3) is 0.765. The number of nitrogens with one attached hydrogen (secondary N) is 1. The van der Waals surface area contributed by atoms with Gasteiger partial charge in [0.05, 0.1) is 12.8 Å². The van der Waals surface area contributed by atoms with Crippen LogP contribution in [0.15, 0.2) is 16.7 Å². The lowest BCUT2D eigenvalue weighted by Gasteiger charge is -2.35. The van der Waals surface area contributed by atoms with E-state index in [2.05, 4.69) is 48.9 Å². The molecule has 0 amide bonds. The highest BCUT2D eigenvalue weighted by atomic mass is 16.3. The first kappa shape index (κ1) is 16.5. The van der Waals surface area contributed by atoms with Crippen molar-refractivity contribution in [3.63, 3.8) is 0 Å². The van der Waals surface area contributed by atoms with Crippen LogP contribution in [0.1, 0.15) is 39.0 Å². The molecule has 0 aromatic carbocycles. The number of nitrogens with zero attached hydrogens (tertiary/aromatic N) is 2. The Kier molecular flexibility index (Phi) is 6.27. The molecule has 1 fully saturated rings. The zero-order valence-corrected chi connectivity index (χ0v) is 14.1. The molecule has 21 heavy (non-hydrogen) atoms. The van der Waals surface area contributed by atoms with Crippen LogP contribution in [-0.2, 0) is 13.1 Å². The molecule has 0 atom stereocenters. The molecule has 120 valence electrons. The van der Waals surface area contributed by atoms with Crippen LogP contribution in [0, 0.1) is 5.92 Å². The van der Waals surface area contributed by atoms with Crippen LogP contribution in [0.4, 0.5) is 0 Å². The van der Waals surface area contributed by atoms with Gasteiger partial charge < -0.3 is 14.6 Å². The summed E-state index contributed by atoms with van der Waals surface area (Å²) in [7, 11) is 0. The van der Waals surface area contributed by atoms with Gasteiger partial charge in [-0.05, 0) is 12.0 Å². The van der Waals surface area contributed by atoms with Gasteiger partial charge in [-0.15, -0.1) is 0 Å². The van der Waals surface area contributed by atoms with Gasteiger partial charge in [-0.25, -0.2) is 0 Å². The molecule has 1 aromatic heterocycles. The van der Waals surface area contributed by atoms with E-state index in [1.807, 2.05) is 6.26 Å². The molecular formula is C17H31N3O. The van der Waals surface area contributed by atoms with E-state index in [9.17, 15) is 0 Å². The fourth-order valence-electron chi connectivity index (χ4n) is 2.79. The molecule has 0 saturated carbocycles. The third kappa shape index (κ3) is 5.81. The number of hydrogen-bond donors (Lipinski definition) is 1. The van der Waals surface area contributed by atoms with E-state index in [-0.39, 0.29) is 0 Å². The van der Waals surface area contributed by atoms with Crippen LogP contribution in [-0.4, -0.2) is 48.6 Å². The second kappa shape index (κ2) is 7.97. The van der Waals surface area contributed by atoms with Gasteiger partial charge in [0.2, 0.25) is 0 Å². The summed E-state index contributed by atoms with van der Waals surface area (Å²) in [5.41, 5.74) is 1.25. The van der Waals surface area contributed by atoms with Gasteiger partial charge in [0, 0.05) is 50.9 Å². The largest absolute Gasteiger partial charge is 0.468 e. The minimum Gasteiger partial charge on any atom is -0.468 e. The lowest BCUT2D eigenvalue weighted by molar-refractivity contribution is 0.112. The maximum absolute atomic E-state index is 5.70. The number of piperazine rings is 1. The summed E-state index contributed by atoms with van der Waals surface area (Å²) < 4.78 is 5.70. The second-order valence-corrected chi connectivity index (χ2v) is 6.93. The topological polar surface area (TPSA) is 31.6 Å². The lowest BCUT2D eigenvalue weighted by atomic mass is 10.2. The van der Waals surface area contributed by atoms with E-state index < -0.39 is 0 Å². The third-order valence-corrected chi connectivity index (χ3v) is 3.89. The Hall–Kier alpha value is -0.840. The van der Waals surface area contributed by atoms with E-state index in [0.717, 1.165) is 37.9 Å². The van der Waals surface area contributed by atoms with Crippen LogP contribution in [0.3, 0.4) is 0 Å². The maximum Gasteiger partial charge on any atom is 0.118 e. The molecule has 0 bridgehead atoms. The summed E-state index contributed by atoms with van der Waals surface area (Å²) in [5.74, 6) is 1.85. The van der Waals surface area contributed by atoms with Crippen molar-refractivity contribution >= 4 is 0 Å². The van der Waals surface area contributed by atoms with Gasteiger partial charge in [-0.3, -0.25) is 4.90 Å². The molecule has 0 spiro atoms. The Morgan fingerprint density at radius 2 is 1.76 bits per heavy atom. The van der Waals surface area contributed by atoms with E-state index in [1.54, 1.807) is 0 Å². The van der Waals surface area contributed by atoms with E-state index in [1.165, 1.54) is 25.2 Å². The average molecular weight is 293 g/mol. The van der Waals surface area contributed by atoms with Crippen molar-refractivity contribution in [2.24, 2.45) is 5.92 Å². The molecule has 1 aliphatic heterocycles. The molecule has 1 aromatic rings. The first-order valence-corrected chi connectivity index (χ1v) is 8.27. The minimum absolute atomic E-state index is 0.511. The molecule has 0 aliphatic carbocycles. The number of furan rings is 1. The average Bonchev–Trinajstić information content (AvgIpc) is 2.86. The molecule has 4 nitrogen and oxygen atoms in total. The van der Waals surface area contributed by atoms with Crippen molar-refractivity contribution in [2.45, 2.75) is 46.8 Å². The molecule has 2 heterocycles. The van der Waals surface area contributed by atoms with Gasteiger partial charge in [0.15, 0.2) is 0 Å². The molecule has 1 aliphatic rings. The Morgan fingerprint density at radius 1 is 1.10 bits per heavy atom. The standard InChI is InChI=1S/C17H31N3O/c1-14(2)11-19-5-7-20(8-6-19)12-17-9-16(13-21-17)10-18-15(3)4/h9,13-15,18H,5-8,10-12H2,1-4H3. The van der Waals surface area contributed by atoms with Gasteiger partial charge in [0.25, 0.3) is 0 Å². The van der Waals surface area contributed by atoms with Gasteiger partial charge in [-0.1, -0.05) is 27.7 Å². The van der Waals surface area contributed by atoms with Crippen molar-refractivity contribution < 1.29 is 4.42 Å². The van der Waals surface area contributed by atoms with Crippen molar-refractivity contribution in [2.75, 3.05) is 32.7 Å². The Balaban J connectivity index is 1.73. The highest BCUT2D eigenvalue weighted by Gasteiger charge is 2.18. The first-order chi connectivity index (χ1) is 10.0. The fourth-order valence-corrected chi connectivity index (χ4v) is 2.79. The summed E-state index contributed by atoms with van der Waals surface area (Å²) in [6.45, 7) is 16.6. The van der Waals surface area contributed by atoms with Crippen molar-refractivity contribution in [3.8, 4) is 0 Å². The predicted octanol–water partition coefficient (Wildman–Crippen LogP) is 2.55. The molecule has 0 radical (unpaired) electrons. The zero-order chi connectivity index (χ0) is 15.2. The lowest BCUT2D eigenvalue weighted by Crippen LogP contribution is -2.46. The highest BCUT2D eigenvalue weighted by Crippen LogP contribution is 2.13. The van der Waals surface area contributed by atoms with Crippen LogP contribution in [0.5, 0.6) is 0 Å². The SMILES string of the molecule is CC(C)CN1CCN(Cc2cc(CNC(C)C)co2)CC1. The molecule has 0 unspecified atom stereocenters. The number of hydrogen-bond acceptors (Lipinski definition) is 4. The molecule has 2 rings (SSSR count). The number of rotatable bonds is 7. The summed E-state index contributed by atoms with van der Waals surface area (Å²) in [5, 5.41) is 3.42. The van der Waals surface area contributed by atoms with E-state index in [4.69, 9.17) is 4.42 Å². The van der Waals surface area contributed by atoms with Gasteiger partial charge in [-0.2, -0.15) is 0 Å². The van der Waals surface area contributed by atoms with Gasteiger partial charge in [0.1, 0.15) is 5.76 Å².